The zero-order chi connectivity index (χ0) is 13.0. The van der Waals surface area contributed by atoms with Crippen molar-refractivity contribution in [2.45, 2.75) is 6.04 Å². The van der Waals surface area contributed by atoms with E-state index in [1.54, 1.807) is 0 Å². The first-order chi connectivity index (χ1) is 8.77. The van der Waals surface area contributed by atoms with E-state index in [0.717, 1.165) is 12.3 Å². The summed E-state index contributed by atoms with van der Waals surface area (Å²) in [7, 11) is 2.17. The smallest absolute Gasteiger partial charge is 0.0482 e. The number of nitrogens with two attached hydrogens (primary N) is 1. The third kappa shape index (κ3) is 2.88. The number of fused-ring (bicyclic) bond motifs is 1. The van der Waals surface area contributed by atoms with Gasteiger partial charge in [0.2, 0.25) is 0 Å². The third-order valence-electron chi connectivity index (χ3n) is 3.27. The lowest BCUT2D eigenvalue weighted by molar-refractivity contribution is 0.267. The molecular formula is C14H20N2S2. The third-order valence-corrected chi connectivity index (χ3v) is 4.85. The van der Waals surface area contributed by atoms with Gasteiger partial charge in [0.15, 0.2) is 0 Å². The Kier molecular flexibility index (Phi) is 5.06. The molecule has 0 amide bonds. The summed E-state index contributed by atoms with van der Waals surface area (Å²) in [6.07, 6.45) is 2.14. The molecule has 2 nitrogen and oxygen atoms in total. The Morgan fingerprint density at radius 2 is 2.17 bits per heavy atom. The molecule has 4 heteroatoms. The molecule has 1 heterocycles. The molecule has 0 radical (unpaired) electrons. The second kappa shape index (κ2) is 6.57. The van der Waals surface area contributed by atoms with E-state index in [0.29, 0.717) is 12.6 Å². The van der Waals surface area contributed by atoms with E-state index in [2.05, 4.69) is 47.8 Å². The average molecular weight is 280 g/mol. The molecule has 18 heavy (non-hydrogen) atoms. The molecule has 0 fully saturated rings. The Balaban J connectivity index is 2.26. The van der Waals surface area contributed by atoms with E-state index in [4.69, 9.17) is 5.73 Å². The van der Waals surface area contributed by atoms with Crippen molar-refractivity contribution < 1.29 is 0 Å². The van der Waals surface area contributed by atoms with Gasteiger partial charge in [-0.3, -0.25) is 4.90 Å². The van der Waals surface area contributed by atoms with Gasteiger partial charge in [-0.05, 0) is 35.7 Å². The van der Waals surface area contributed by atoms with Crippen molar-refractivity contribution in [2.24, 2.45) is 5.73 Å². The van der Waals surface area contributed by atoms with Crippen molar-refractivity contribution >= 4 is 33.2 Å². The Bertz CT molecular complexity index is 495. The van der Waals surface area contributed by atoms with Crippen LogP contribution in [0, 0.1) is 0 Å². The number of nitrogens with zero attached hydrogens (tertiary/aromatic N) is 1. The number of hydrogen-bond donors (Lipinski definition) is 1. The first-order valence-electron chi connectivity index (χ1n) is 6.13. The zero-order valence-corrected chi connectivity index (χ0v) is 12.6. The summed E-state index contributed by atoms with van der Waals surface area (Å²) in [5, 5.41) is 3.62. The molecule has 0 spiro atoms. The Hall–Kier alpha value is -0.550. The highest BCUT2D eigenvalue weighted by atomic mass is 32.2. The number of rotatable bonds is 6. The fraction of sp³-hybridized carbons (Fsp3) is 0.429. The van der Waals surface area contributed by atoms with E-state index in [1.807, 2.05) is 23.1 Å². The van der Waals surface area contributed by atoms with Crippen LogP contribution in [0.25, 0.3) is 10.1 Å². The average Bonchev–Trinajstić information content (AvgIpc) is 2.81. The molecule has 98 valence electrons. The number of thioether (sulfide) groups is 1. The van der Waals surface area contributed by atoms with Crippen molar-refractivity contribution in [3.63, 3.8) is 0 Å². The van der Waals surface area contributed by atoms with Crippen LogP contribution in [0.1, 0.15) is 11.6 Å². The summed E-state index contributed by atoms with van der Waals surface area (Å²) in [5.74, 6) is 1.15. The predicted molar refractivity (Wildman–Crippen MR) is 84.6 cm³/mol. The molecule has 0 aliphatic heterocycles. The summed E-state index contributed by atoms with van der Waals surface area (Å²) < 4.78 is 1.35. The maximum atomic E-state index is 5.98. The minimum atomic E-state index is 0.327. The van der Waals surface area contributed by atoms with E-state index < -0.39 is 0 Å². The minimum Gasteiger partial charge on any atom is -0.329 e. The van der Waals surface area contributed by atoms with Gasteiger partial charge in [-0.1, -0.05) is 18.2 Å². The second-order valence-electron chi connectivity index (χ2n) is 4.41. The molecule has 0 aliphatic carbocycles. The lowest BCUT2D eigenvalue weighted by Gasteiger charge is -2.26. The van der Waals surface area contributed by atoms with E-state index in [-0.39, 0.29) is 0 Å². The van der Waals surface area contributed by atoms with Crippen LogP contribution in [0.4, 0.5) is 0 Å². The van der Waals surface area contributed by atoms with Gasteiger partial charge in [0.1, 0.15) is 0 Å². The quantitative estimate of drug-likeness (QED) is 0.881. The van der Waals surface area contributed by atoms with Gasteiger partial charge in [0, 0.05) is 29.6 Å². The number of likely N-dealkylation sites (N-methyl/N-ethyl adjacent to an activating group) is 1. The normalized spacial score (nSPS) is 13.3. The largest absolute Gasteiger partial charge is 0.329 e. The molecule has 0 aliphatic rings. The van der Waals surface area contributed by atoms with Crippen molar-refractivity contribution in [2.75, 3.05) is 32.1 Å². The summed E-state index contributed by atoms with van der Waals surface area (Å²) in [5.41, 5.74) is 7.36. The highest BCUT2D eigenvalue weighted by Crippen LogP contribution is 2.32. The number of hydrogen-bond acceptors (Lipinski definition) is 4. The Morgan fingerprint density at radius 3 is 2.89 bits per heavy atom. The van der Waals surface area contributed by atoms with Crippen LogP contribution in [0.15, 0.2) is 29.6 Å². The van der Waals surface area contributed by atoms with Crippen LogP contribution in [-0.2, 0) is 0 Å². The van der Waals surface area contributed by atoms with Gasteiger partial charge < -0.3 is 5.73 Å². The summed E-state index contributed by atoms with van der Waals surface area (Å²) in [6, 6.07) is 8.91. The van der Waals surface area contributed by atoms with Crippen LogP contribution in [0.5, 0.6) is 0 Å². The van der Waals surface area contributed by atoms with Crippen LogP contribution in [0.2, 0.25) is 0 Å². The van der Waals surface area contributed by atoms with Gasteiger partial charge in [-0.15, -0.1) is 11.3 Å². The van der Waals surface area contributed by atoms with Crippen molar-refractivity contribution in [1.82, 2.24) is 4.90 Å². The van der Waals surface area contributed by atoms with Gasteiger partial charge in [-0.2, -0.15) is 11.8 Å². The maximum Gasteiger partial charge on any atom is 0.0482 e. The molecule has 1 unspecified atom stereocenters. The first kappa shape index (κ1) is 13.9. The fourth-order valence-corrected chi connectivity index (χ4v) is 3.67. The molecule has 1 aromatic carbocycles. The summed E-state index contributed by atoms with van der Waals surface area (Å²) >= 11 is 3.69. The molecule has 2 N–H and O–H groups in total. The van der Waals surface area contributed by atoms with Crippen LogP contribution < -0.4 is 5.73 Å². The van der Waals surface area contributed by atoms with E-state index >= 15 is 0 Å². The van der Waals surface area contributed by atoms with Crippen LogP contribution in [0.3, 0.4) is 0 Å². The molecule has 1 aromatic heterocycles. The van der Waals surface area contributed by atoms with Crippen molar-refractivity contribution in [1.29, 1.82) is 0 Å². The van der Waals surface area contributed by atoms with Gasteiger partial charge in [0.05, 0.1) is 0 Å². The lowest BCUT2D eigenvalue weighted by Crippen LogP contribution is -2.32. The van der Waals surface area contributed by atoms with Gasteiger partial charge in [0.25, 0.3) is 0 Å². The molecule has 2 rings (SSSR count). The van der Waals surface area contributed by atoms with Crippen molar-refractivity contribution in [3.8, 4) is 0 Å². The van der Waals surface area contributed by atoms with Gasteiger partial charge >= 0.3 is 0 Å². The summed E-state index contributed by atoms with van der Waals surface area (Å²) in [6.45, 7) is 1.75. The minimum absolute atomic E-state index is 0.327. The Labute approximate surface area is 117 Å². The molecule has 0 saturated heterocycles. The molecule has 2 aromatic rings. The predicted octanol–water partition coefficient (Wildman–Crippen LogP) is 3.20. The molecule has 0 saturated carbocycles. The SMILES string of the molecule is CSCCN(C)C(CN)c1csc2ccccc12. The van der Waals surface area contributed by atoms with E-state index in [9.17, 15) is 0 Å². The molecule has 0 bridgehead atoms. The Morgan fingerprint density at radius 1 is 1.39 bits per heavy atom. The number of benzene rings is 1. The lowest BCUT2D eigenvalue weighted by atomic mass is 10.0. The highest BCUT2D eigenvalue weighted by Gasteiger charge is 2.18. The van der Waals surface area contributed by atoms with Crippen LogP contribution >= 0.6 is 23.1 Å². The number of thiophene rings is 1. The molecule has 1 atom stereocenters. The first-order valence-corrected chi connectivity index (χ1v) is 8.40. The zero-order valence-electron chi connectivity index (χ0n) is 10.9. The van der Waals surface area contributed by atoms with Crippen LogP contribution in [-0.4, -0.2) is 37.0 Å². The summed E-state index contributed by atoms with van der Waals surface area (Å²) in [4.78, 5) is 2.37. The van der Waals surface area contributed by atoms with Gasteiger partial charge in [-0.25, -0.2) is 0 Å². The van der Waals surface area contributed by atoms with Crippen molar-refractivity contribution in [3.05, 3.63) is 35.2 Å². The monoisotopic (exact) mass is 280 g/mol. The highest BCUT2D eigenvalue weighted by molar-refractivity contribution is 7.98. The topological polar surface area (TPSA) is 29.3 Å². The fourth-order valence-electron chi connectivity index (χ4n) is 2.19. The standard InChI is InChI=1S/C14H20N2S2/c1-16(7-8-17-2)13(9-15)12-10-18-14-6-4-3-5-11(12)14/h3-6,10,13H,7-9,15H2,1-2H3. The van der Waals surface area contributed by atoms with E-state index in [1.165, 1.54) is 15.6 Å². The maximum absolute atomic E-state index is 5.98. The second-order valence-corrected chi connectivity index (χ2v) is 6.31. The molecular weight excluding hydrogens is 260 g/mol.